The molecule has 1 heterocycles. The van der Waals surface area contributed by atoms with Gasteiger partial charge in [-0.15, -0.1) is 0 Å². The number of nitrogens with zero attached hydrogens (tertiary/aromatic N) is 1. The number of halogens is 1. The Morgan fingerprint density at radius 3 is 2.74 bits per heavy atom. The quantitative estimate of drug-likeness (QED) is 0.842. The predicted molar refractivity (Wildman–Crippen MR) is 70.1 cm³/mol. The molecule has 0 saturated carbocycles. The fraction of sp³-hybridized carbons (Fsp3) is 0.500. The van der Waals surface area contributed by atoms with Crippen LogP contribution in [0.1, 0.15) is 23.2 Å². The van der Waals surface area contributed by atoms with E-state index in [1.165, 1.54) is 6.07 Å². The molecule has 0 aromatic heterocycles. The van der Waals surface area contributed by atoms with Crippen molar-refractivity contribution in [3.63, 3.8) is 0 Å². The Labute approximate surface area is 111 Å². The Morgan fingerprint density at radius 2 is 2.16 bits per heavy atom. The van der Waals surface area contributed by atoms with Crippen molar-refractivity contribution in [3.8, 4) is 0 Å². The van der Waals surface area contributed by atoms with Gasteiger partial charge in [0.1, 0.15) is 12.1 Å². The zero-order valence-electron chi connectivity index (χ0n) is 10.9. The number of carbonyl (C=O) groups excluding carboxylic acids is 1. The fourth-order valence-electron chi connectivity index (χ4n) is 2.34. The fourth-order valence-corrected chi connectivity index (χ4v) is 2.34. The lowest BCUT2D eigenvalue weighted by atomic mass is 9.93. The summed E-state index contributed by atoms with van der Waals surface area (Å²) >= 11 is 0. The van der Waals surface area contributed by atoms with Gasteiger partial charge in [0.2, 0.25) is 0 Å². The van der Waals surface area contributed by atoms with Crippen molar-refractivity contribution in [2.75, 3.05) is 31.7 Å². The van der Waals surface area contributed by atoms with Gasteiger partial charge in [-0.1, -0.05) is 0 Å². The Morgan fingerprint density at radius 1 is 1.47 bits per heavy atom. The zero-order valence-corrected chi connectivity index (χ0v) is 10.9. The van der Waals surface area contributed by atoms with E-state index in [1.807, 2.05) is 0 Å². The van der Waals surface area contributed by atoms with Gasteiger partial charge in [0, 0.05) is 45.2 Å². The van der Waals surface area contributed by atoms with Crippen molar-refractivity contribution in [2.24, 2.45) is 0 Å². The molecule has 104 valence electrons. The number of hydrogen-bond donors (Lipinski definition) is 1. The molecule has 0 radical (unpaired) electrons. The number of aliphatic hydroxyl groups is 1. The van der Waals surface area contributed by atoms with Gasteiger partial charge < -0.3 is 14.7 Å². The first-order chi connectivity index (χ1) is 9.04. The van der Waals surface area contributed by atoms with Crippen molar-refractivity contribution >= 4 is 12.0 Å². The number of benzene rings is 1. The van der Waals surface area contributed by atoms with Crippen molar-refractivity contribution in [1.29, 1.82) is 0 Å². The van der Waals surface area contributed by atoms with Crippen LogP contribution in [0.5, 0.6) is 0 Å². The Kier molecular flexibility index (Phi) is 4.17. The summed E-state index contributed by atoms with van der Waals surface area (Å²) in [5.41, 5.74) is -0.159. The van der Waals surface area contributed by atoms with Crippen LogP contribution in [-0.4, -0.2) is 43.8 Å². The van der Waals surface area contributed by atoms with Gasteiger partial charge in [-0.3, -0.25) is 4.79 Å². The van der Waals surface area contributed by atoms with Gasteiger partial charge in [0.15, 0.2) is 0 Å². The highest BCUT2D eigenvalue weighted by Crippen LogP contribution is 2.25. The molecule has 1 N–H and O–H groups in total. The second-order valence-electron chi connectivity index (χ2n) is 5.02. The molecule has 5 heteroatoms. The molecule has 19 heavy (non-hydrogen) atoms. The number of ether oxygens (including phenoxy) is 1. The number of aldehydes is 1. The van der Waals surface area contributed by atoms with Gasteiger partial charge in [0.05, 0.1) is 11.3 Å². The SMILES string of the molecule is CN(CC1(O)CCOCC1)c1ccc(C=O)cc1F. The van der Waals surface area contributed by atoms with E-state index >= 15 is 0 Å². The molecule has 0 aliphatic carbocycles. The summed E-state index contributed by atoms with van der Waals surface area (Å²) in [6.07, 6.45) is 1.70. The van der Waals surface area contributed by atoms with Gasteiger partial charge >= 0.3 is 0 Å². The normalized spacial score (nSPS) is 18.1. The molecule has 1 aliphatic rings. The Hall–Kier alpha value is -1.46. The largest absolute Gasteiger partial charge is 0.388 e. The van der Waals surface area contributed by atoms with Gasteiger partial charge in [-0.05, 0) is 18.2 Å². The Balaban J connectivity index is 2.10. The lowest BCUT2D eigenvalue weighted by Gasteiger charge is -2.36. The maximum Gasteiger partial charge on any atom is 0.150 e. The van der Waals surface area contributed by atoms with E-state index in [0.29, 0.717) is 50.1 Å². The second-order valence-corrected chi connectivity index (χ2v) is 5.02. The van der Waals surface area contributed by atoms with Crippen LogP contribution in [0, 0.1) is 5.82 Å². The van der Waals surface area contributed by atoms with Crippen LogP contribution in [0.2, 0.25) is 0 Å². The third-order valence-electron chi connectivity index (χ3n) is 3.47. The molecular weight excluding hydrogens is 249 g/mol. The Bertz CT molecular complexity index is 458. The third kappa shape index (κ3) is 3.30. The van der Waals surface area contributed by atoms with E-state index in [4.69, 9.17) is 4.74 Å². The summed E-state index contributed by atoms with van der Waals surface area (Å²) in [5.74, 6) is -0.456. The maximum absolute atomic E-state index is 13.9. The van der Waals surface area contributed by atoms with Gasteiger partial charge in [-0.2, -0.15) is 0 Å². The van der Waals surface area contributed by atoms with E-state index in [0.717, 1.165) is 0 Å². The molecule has 1 aliphatic heterocycles. The van der Waals surface area contributed by atoms with Crippen molar-refractivity contribution < 1.29 is 19.0 Å². The zero-order chi connectivity index (χ0) is 13.9. The third-order valence-corrected chi connectivity index (χ3v) is 3.47. The summed E-state index contributed by atoms with van der Waals surface area (Å²) < 4.78 is 19.1. The standard InChI is InChI=1S/C14H18FNO3/c1-16(10-14(18)4-6-19-7-5-14)13-3-2-11(9-17)8-12(13)15/h2-3,8-9,18H,4-7,10H2,1H3. The lowest BCUT2D eigenvalue weighted by Crippen LogP contribution is -2.46. The first-order valence-corrected chi connectivity index (χ1v) is 6.30. The van der Waals surface area contributed by atoms with Crippen LogP contribution in [0.15, 0.2) is 18.2 Å². The minimum atomic E-state index is -0.844. The number of likely N-dealkylation sites (N-methyl/N-ethyl adjacent to an activating group) is 1. The molecule has 0 amide bonds. The highest BCUT2D eigenvalue weighted by atomic mass is 19.1. The summed E-state index contributed by atoms with van der Waals surface area (Å²) in [5, 5.41) is 10.4. The number of anilines is 1. The molecule has 4 nitrogen and oxygen atoms in total. The minimum Gasteiger partial charge on any atom is -0.388 e. The van der Waals surface area contributed by atoms with E-state index in [9.17, 15) is 14.3 Å². The summed E-state index contributed by atoms with van der Waals surface area (Å²) in [6, 6.07) is 4.32. The predicted octanol–water partition coefficient (Wildman–Crippen LogP) is 1.62. The van der Waals surface area contributed by atoms with E-state index < -0.39 is 11.4 Å². The van der Waals surface area contributed by atoms with Crippen molar-refractivity contribution in [1.82, 2.24) is 0 Å². The number of hydrogen-bond acceptors (Lipinski definition) is 4. The van der Waals surface area contributed by atoms with Crippen LogP contribution in [-0.2, 0) is 4.74 Å². The summed E-state index contributed by atoms with van der Waals surface area (Å²) in [4.78, 5) is 12.2. The average Bonchev–Trinajstić information content (AvgIpc) is 2.38. The van der Waals surface area contributed by atoms with Gasteiger partial charge in [-0.25, -0.2) is 4.39 Å². The molecule has 1 aromatic rings. The van der Waals surface area contributed by atoms with Crippen LogP contribution in [0.4, 0.5) is 10.1 Å². The number of rotatable bonds is 4. The van der Waals surface area contributed by atoms with E-state index in [1.54, 1.807) is 24.1 Å². The molecule has 1 fully saturated rings. The monoisotopic (exact) mass is 267 g/mol. The molecule has 1 saturated heterocycles. The molecule has 0 spiro atoms. The molecule has 0 unspecified atom stereocenters. The van der Waals surface area contributed by atoms with Crippen molar-refractivity contribution in [3.05, 3.63) is 29.6 Å². The highest BCUT2D eigenvalue weighted by Gasteiger charge is 2.31. The smallest absolute Gasteiger partial charge is 0.150 e. The van der Waals surface area contributed by atoms with Crippen LogP contribution < -0.4 is 4.90 Å². The molecule has 1 aromatic carbocycles. The average molecular weight is 267 g/mol. The summed E-state index contributed by atoms with van der Waals surface area (Å²) in [6.45, 7) is 1.39. The summed E-state index contributed by atoms with van der Waals surface area (Å²) in [7, 11) is 1.73. The molecular formula is C14H18FNO3. The minimum absolute atomic E-state index is 0.305. The van der Waals surface area contributed by atoms with Crippen LogP contribution >= 0.6 is 0 Å². The second kappa shape index (κ2) is 5.67. The van der Waals surface area contributed by atoms with Gasteiger partial charge in [0.25, 0.3) is 0 Å². The highest BCUT2D eigenvalue weighted by molar-refractivity contribution is 5.75. The molecule has 0 atom stereocenters. The lowest BCUT2D eigenvalue weighted by molar-refractivity contribution is -0.0573. The van der Waals surface area contributed by atoms with Crippen LogP contribution in [0.3, 0.4) is 0 Å². The molecule has 2 rings (SSSR count). The first kappa shape index (κ1) is 14.0. The van der Waals surface area contributed by atoms with Crippen molar-refractivity contribution in [2.45, 2.75) is 18.4 Å². The number of carbonyl (C=O) groups is 1. The topological polar surface area (TPSA) is 49.8 Å². The maximum atomic E-state index is 13.9. The van der Waals surface area contributed by atoms with E-state index in [-0.39, 0.29) is 0 Å². The van der Waals surface area contributed by atoms with E-state index in [2.05, 4.69) is 0 Å². The van der Waals surface area contributed by atoms with Crippen LogP contribution in [0.25, 0.3) is 0 Å². The first-order valence-electron chi connectivity index (χ1n) is 6.30. The molecule has 0 bridgehead atoms.